The van der Waals surface area contributed by atoms with E-state index in [9.17, 15) is 0 Å². The summed E-state index contributed by atoms with van der Waals surface area (Å²) in [6.45, 7) is 0.271. The van der Waals surface area contributed by atoms with Gasteiger partial charge in [0.25, 0.3) is 0 Å². The molecule has 0 rings (SSSR count). The second kappa shape index (κ2) is 3.76. The number of aliphatic hydroxyl groups excluding tert-OH is 1. The molecule has 8 heavy (non-hydrogen) atoms. The van der Waals surface area contributed by atoms with Crippen molar-refractivity contribution in [2.45, 2.75) is 6.23 Å². The molecule has 0 aliphatic heterocycles. The Kier molecular flexibility index (Phi) is 3.67. The summed E-state index contributed by atoms with van der Waals surface area (Å²) in [4.78, 5) is 0. The summed E-state index contributed by atoms with van der Waals surface area (Å²) in [5, 5.41) is 9.95. The van der Waals surface area contributed by atoms with Gasteiger partial charge in [-0.3, -0.25) is 17.1 Å². The molecule has 5 heteroatoms. The highest BCUT2D eigenvalue weighted by Crippen LogP contribution is 1.77. The van der Waals surface area contributed by atoms with Crippen LogP contribution in [0.3, 0.4) is 0 Å². The second-order valence-corrected chi connectivity index (χ2v) is 1.55. The minimum atomic E-state index is -0.708. The molecule has 0 fully saturated rings. The van der Waals surface area contributed by atoms with Gasteiger partial charge in [-0.25, -0.2) is 5.01 Å². The Morgan fingerprint density at radius 3 is 2.50 bits per heavy atom. The van der Waals surface area contributed by atoms with Crippen molar-refractivity contribution >= 4 is 0 Å². The number of hydrogen-bond acceptors (Lipinski definition) is 5. The summed E-state index contributed by atoms with van der Waals surface area (Å²) in [5.74, 6) is 9.98. The zero-order chi connectivity index (χ0) is 6.57. The minimum absolute atomic E-state index is 0.271. The lowest BCUT2D eigenvalue weighted by Crippen LogP contribution is -2.45. The lowest BCUT2D eigenvalue weighted by molar-refractivity contribution is 0.0229. The molecule has 0 saturated heterocycles. The van der Waals surface area contributed by atoms with E-state index in [0.29, 0.717) is 0 Å². The van der Waals surface area contributed by atoms with Gasteiger partial charge in [0.15, 0.2) is 0 Å². The van der Waals surface area contributed by atoms with Crippen molar-refractivity contribution in [2.75, 3.05) is 13.6 Å². The van der Waals surface area contributed by atoms with Gasteiger partial charge in [0.1, 0.15) is 6.23 Å². The smallest absolute Gasteiger partial charge is 0.133 e. The first kappa shape index (κ1) is 7.80. The maximum absolute atomic E-state index is 8.78. The lowest BCUT2D eigenvalue weighted by Gasteiger charge is -2.16. The third kappa shape index (κ3) is 2.89. The van der Waals surface area contributed by atoms with Gasteiger partial charge >= 0.3 is 0 Å². The zero-order valence-electron chi connectivity index (χ0n) is 4.83. The van der Waals surface area contributed by atoms with Gasteiger partial charge in [-0.1, -0.05) is 0 Å². The Hall–Kier alpha value is -0.200. The summed E-state index contributed by atoms with van der Waals surface area (Å²) < 4.78 is 0. The van der Waals surface area contributed by atoms with Crippen LogP contribution in [0.15, 0.2) is 0 Å². The Bertz CT molecular complexity index is 57.2. The molecule has 1 unspecified atom stereocenters. The number of aliphatic hydroxyl groups is 1. The first-order valence-electron chi connectivity index (χ1n) is 2.27. The fourth-order valence-electron chi connectivity index (χ4n) is 0.249. The SMILES string of the molecule is CN(N)C(O)CNN. The number of nitrogens with two attached hydrogens (primary N) is 2. The normalized spacial score (nSPS) is 14.6. The van der Waals surface area contributed by atoms with E-state index in [4.69, 9.17) is 16.8 Å². The maximum Gasteiger partial charge on any atom is 0.133 e. The van der Waals surface area contributed by atoms with Crippen LogP contribution in [0.5, 0.6) is 0 Å². The Morgan fingerprint density at radius 1 is 1.88 bits per heavy atom. The maximum atomic E-state index is 8.78. The molecule has 6 N–H and O–H groups in total. The summed E-state index contributed by atoms with van der Waals surface area (Å²) in [6.07, 6.45) is -0.708. The molecule has 0 saturated carbocycles. The average molecular weight is 120 g/mol. The highest BCUT2D eigenvalue weighted by molar-refractivity contribution is 4.48. The van der Waals surface area contributed by atoms with E-state index in [2.05, 4.69) is 5.43 Å². The minimum Gasteiger partial charge on any atom is -0.376 e. The van der Waals surface area contributed by atoms with Crippen molar-refractivity contribution in [1.82, 2.24) is 10.4 Å². The van der Waals surface area contributed by atoms with E-state index in [-0.39, 0.29) is 6.54 Å². The molecule has 0 heterocycles. The van der Waals surface area contributed by atoms with Crippen molar-refractivity contribution in [3.8, 4) is 0 Å². The van der Waals surface area contributed by atoms with Gasteiger partial charge in [-0.15, -0.1) is 0 Å². The molecule has 0 aliphatic rings. The van der Waals surface area contributed by atoms with Crippen LogP contribution >= 0.6 is 0 Å². The third-order valence-electron chi connectivity index (χ3n) is 0.771. The molecule has 0 amide bonds. The van der Waals surface area contributed by atoms with Gasteiger partial charge in [-0.05, 0) is 0 Å². The predicted molar refractivity (Wildman–Crippen MR) is 30.1 cm³/mol. The molecule has 0 aromatic heterocycles. The van der Waals surface area contributed by atoms with Gasteiger partial charge in [0.2, 0.25) is 0 Å². The molecule has 1 atom stereocenters. The fraction of sp³-hybridized carbons (Fsp3) is 1.00. The van der Waals surface area contributed by atoms with Crippen molar-refractivity contribution in [3.05, 3.63) is 0 Å². The molecule has 0 aromatic rings. The summed E-state index contributed by atoms with van der Waals surface area (Å²) >= 11 is 0. The van der Waals surface area contributed by atoms with Gasteiger partial charge in [0.05, 0.1) is 6.54 Å². The lowest BCUT2D eigenvalue weighted by atomic mass is 10.6. The number of hydrazine groups is 2. The molecule has 0 radical (unpaired) electrons. The summed E-state index contributed by atoms with van der Waals surface area (Å²) in [6, 6.07) is 0. The fourth-order valence-corrected chi connectivity index (χ4v) is 0.249. The van der Waals surface area contributed by atoms with Crippen LogP contribution in [0.25, 0.3) is 0 Å². The average Bonchev–Trinajstić information content (AvgIpc) is 1.67. The van der Waals surface area contributed by atoms with E-state index < -0.39 is 6.23 Å². The topological polar surface area (TPSA) is 87.5 Å². The van der Waals surface area contributed by atoms with Gasteiger partial charge in [0, 0.05) is 7.05 Å². The van der Waals surface area contributed by atoms with Crippen molar-refractivity contribution in [2.24, 2.45) is 11.7 Å². The van der Waals surface area contributed by atoms with Crippen LogP contribution in [0, 0.1) is 0 Å². The molecular formula is C3H12N4O. The molecule has 0 aliphatic carbocycles. The van der Waals surface area contributed by atoms with E-state index in [1.165, 1.54) is 5.01 Å². The number of hydrogen-bond donors (Lipinski definition) is 4. The predicted octanol–water partition coefficient (Wildman–Crippen LogP) is -2.43. The number of likely N-dealkylation sites (N-methyl/N-ethyl adjacent to an activating group) is 1. The van der Waals surface area contributed by atoms with Crippen LogP contribution in [0.2, 0.25) is 0 Å². The molecule has 50 valence electrons. The summed E-state index contributed by atoms with van der Waals surface area (Å²) in [5.41, 5.74) is 2.28. The van der Waals surface area contributed by atoms with Crippen molar-refractivity contribution in [1.29, 1.82) is 0 Å². The highest BCUT2D eigenvalue weighted by atomic mass is 16.3. The van der Waals surface area contributed by atoms with Crippen LogP contribution in [-0.4, -0.2) is 29.9 Å². The van der Waals surface area contributed by atoms with Crippen LogP contribution < -0.4 is 17.1 Å². The van der Waals surface area contributed by atoms with Crippen LogP contribution in [0.4, 0.5) is 0 Å². The Labute approximate surface area is 48.2 Å². The molecule has 0 bridgehead atoms. The quantitative estimate of drug-likeness (QED) is 0.189. The summed E-state index contributed by atoms with van der Waals surface area (Å²) in [7, 11) is 1.56. The molecule has 5 nitrogen and oxygen atoms in total. The number of nitrogens with zero attached hydrogens (tertiary/aromatic N) is 1. The standard InChI is InChI=1S/C3H12N4O/c1-7(5)3(8)2-6-4/h3,6,8H,2,4-5H2,1H3. The van der Waals surface area contributed by atoms with E-state index >= 15 is 0 Å². The second-order valence-electron chi connectivity index (χ2n) is 1.55. The largest absolute Gasteiger partial charge is 0.376 e. The highest BCUT2D eigenvalue weighted by Gasteiger charge is 2.02. The van der Waals surface area contributed by atoms with E-state index in [1.807, 2.05) is 0 Å². The van der Waals surface area contributed by atoms with Crippen LogP contribution in [0.1, 0.15) is 0 Å². The van der Waals surface area contributed by atoms with Crippen molar-refractivity contribution in [3.63, 3.8) is 0 Å². The first-order chi connectivity index (χ1) is 3.68. The Morgan fingerprint density at radius 2 is 2.38 bits per heavy atom. The van der Waals surface area contributed by atoms with E-state index in [0.717, 1.165) is 0 Å². The van der Waals surface area contributed by atoms with Gasteiger partial charge in [-0.2, -0.15) is 0 Å². The third-order valence-corrected chi connectivity index (χ3v) is 0.771. The molecule has 0 spiro atoms. The number of rotatable bonds is 3. The molecule has 0 aromatic carbocycles. The van der Waals surface area contributed by atoms with E-state index in [1.54, 1.807) is 7.05 Å². The monoisotopic (exact) mass is 120 g/mol. The van der Waals surface area contributed by atoms with Gasteiger partial charge < -0.3 is 5.11 Å². The molecular weight excluding hydrogens is 108 g/mol. The van der Waals surface area contributed by atoms with Crippen LogP contribution in [-0.2, 0) is 0 Å². The zero-order valence-corrected chi connectivity index (χ0v) is 4.83. The first-order valence-corrected chi connectivity index (χ1v) is 2.27. The Balaban J connectivity index is 3.17. The van der Waals surface area contributed by atoms with Crippen molar-refractivity contribution < 1.29 is 5.11 Å². The number of nitrogens with one attached hydrogen (secondary N) is 1.